The number of hydrogen-bond donors (Lipinski definition) is 3. The van der Waals surface area contributed by atoms with Gasteiger partial charge >= 0.3 is 6.03 Å². The smallest absolute Gasteiger partial charge is 0.317 e. The first-order chi connectivity index (χ1) is 10.4. The fourth-order valence-corrected chi connectivity index (χ4v) is 2.24. The largest absolute Gasteiger partial charge is 0.328 e. The topological polar surface area (TPSA) is 103 Å². The zero-order valence-corrected chi connectivity index (χ0v) is 13.7. The lowest BCUT2D eigenvalue weighted by Crippen LogP contribution is -2.39. The lowest BCUT2D eigenvalue weighted by atomic mass is 10.1. The summed E-state index contributed by atoms with van der Waals surface area (Å²) in [5.74, 6) is 1.32. The average Bonchev–Trinajstić information content (AvgIpc) is 3.03. The average molecular weight is 305 g/mol. The second kappa shape index (κ2) is 6.59. The summed E-state index contributed by atoms with van der Waals surface area (Å²) in [6, 6.07) is -0.383. The number of carbonyl (C=O) groups excluding carboxylic acids is 1. The van der Waals surface area contributed by atoms with Crippen LogP contribution in [-0.2, 0) is 6.42 Å². The molecule has 2 amide bonds. The number of aryl methyl sites for hydroxylation is 3. The van der Waals surface area contributed by atoms with Gasteiger partial charge in [0.2, 0.25) is 0 Å². The summed E-state index contributed by atoms with van der Waals surface area (Å²) in [5.41, 5.74) is 3.20. The summed E-state index contributed by atoms with van der Waals surface area (Å²) >= 11 is 0. The molecule has 2 rings (SSSR count). The number of rotatable bonds is 5. The number of carbonyl (C=O) groups is 1. The van der Waals surface area contributed by atoms with Gasteiger partial charge in [0.15, 0.2) is 5.82 Å². The normalized spacial score (nSPS) is 12.2. The minimum absolute atomic E-state index is 0.145. The highest BCUT2D eigenvalue weighted by Crippen LogP contribution is 2.11. The molecule has 0 saturated heterocycles. The van der Waals surface area contributed by atoms with Crippen LogP contribution in [0.5, 0.6) is 0 Å². The molecule has 8 heteroatoms. The number of aromatic nitrogens is 5. The maximum absolute atomic E-state index is 12.2. The Hall–Kier alpha value is -2.38. The minimum atomic E-state index is -0.239. The van der Waals surface area contributed by atoms with Gasteiger partial charge in [-0.3, -0.25) is 10.2 Å². The number of nitrogens with one attached hydrogen (secondary N) is 3. The van der Waals surface area contributed by atoms with E-state index < -0.39 is 0 Å². The molecule has 0 saturated carbocycles. The van der Waals surface area contributed by atoms with Crippen molar-refractivity contribution in [2.75, 3.05) is 13.6 Å². The van der Waals surface area contributed by atoms with E-state index in [1.54, 1.807) is 11.9 Å². The molecule has 0 aliphatic carbocycles. The molecule has 22 heavy (non-hydrogen) atoms. The van der Waals surface area contributed by atoms with Crippen LogP contribution in [0.15, 0.2) is 0 Å². The molecule has 0 aliphatic rings. The van der Waals surface area contributed by atoms with E-state index in [0.717, 1.165) is 29.2 Å². The Morgan fingerprint density at radius 3 is 2.55 bits per heavy atom. The van der Waals surface area contributed by atoms with E-state index in [9.17, 15) is 4.79 Å². The van der Waals surface area contributed by atoms with Gasteiger partial charge in [-0.05, 0) is 39.7 Å². The number of H-pyrrole nitrogens is 2. The van der Waals surface area contributed by atoms with Crippen LogP contribution in [-0.4, -0.2) is 49.9 Å². The molecule has 0 radical (unpaired) electrons. The molecule has 3 N–H and O–H groups in total. The minimum Gasteiger partial charge on any atom is -0.328 e. The van der Waals surface area contributed by atoms with Crippen molar-refractivity contribution in [3.05, 3.63) is 28.6 Å². The number of urea groups is 1. The summed E-state index contributed by atoms with van der Waals surface area (Å²) in [6.07, 6.45) is 0.770. The van der Waals surface area contributed by atoms with Crippen LogP contribution in [0.3, 0.4) is 0 Å². The van der Waals surface area contributed by atoms with E-state index in [1.165, 1.54) is 0 Å². The van der Waals surface area contributed by atoms with Crippen LogP contribution in [0.25, 0.3) is 0 Å². The van der Waals surface area contributed by atoms with E-state index in [4.69, 9.17) is 0 Å². The van der Waals surface area contributed by atoms with E-state index in [2.05, 4.69) is 30.7 Å². The van der Waals surface area contributed by atoms with Gasteiger partial charge in [0.05, 0.1) is 11.7 Å². The van der Waals surface area contributed by atoms with Crippen LogP contribution in [0, 0.1) is 20.8 Å². The molecular weight excluding hydrogens is 282 g/mol. The van der Waals surface area contributed by atoms with Crippen molar-refractivity contribution in [3.63, 3.8) is 0 Å². The maximum Gasteiger partial charge on any atom is 0.317 e. The van der Waals surface area contributed by atoms with Crippen molar-refractivity contribution >= 4 is 6.03 Å². The van der Waals surface area contributed by atoms with Crippen LogP contribution in [0.2, 0.25) is 0 Å². The molecule has 2 heterocycles. The van der Waals surface area contributed by atoms with Crippen molar-refractivity contribution in [2.24, 2.45) is 0 Å². The maximum atomic E-state index is 12.2. The summed E-state index contributed by atoms with van der Waals surface area (Å²) in [6.45, 7) is 8.26. The third kappa shape index (κ3) is 3.63. The number of nitrogens with zero attached hydrogens (tertiary/aromatic N) is 4. The second-order valence-electron chi connectivity index (χ2n) is 5.53. The number of hydrogen-bond acceptors (Lipinski definition) is 4. The fraction of sp³-hybridized carbons (Fsp3) is 0.571. The highest BCUT2D eigenvalue weighted by molar-refractivity contribution is 5.74. The summed E-state index contributed by atoms with van der Waals surface area (Å²) in [7, 11) is 1.77. The third-order valence-electron chi connectivity index (χ3n) is 3.67. The van der Waals surface area contributed by atoms with E-state index in [1.807, 2.05) is 27.7 Å². The van der Waals surface area contributed by atoms with Gasteiger partial charge in [-0.15, -0.1) is 0 Å². The summed E-state index contributed by atoms with van der Waals surface area (Å²) in [4.78, 5) is 18.1. The molecule has 8 nitrogen and oxygen atoms in total. The predicted octanol–water partition coefficient (Wildman–Crippen LogP) is 1.40. The highest BCUT2D eigenvalue weighted by Gasteiger charge is 2.17. The first kappa shape index (κ1) is 16.0. The van der Waals surface area contributed by atoms with E-state index in [-0.39, 0.29) is 12.1 Å². The molecule has 0 spiro atoms. The summed E-state index contributed by atoms with van der Waals surface area (Å²) < 4.78 is 0. The zero-order valence-electron chi connectivity index (χ0n) is 13.7. The first-order valence-corrected chi connectivity index (χ1v) is 7.29. The van der Waals surface area contributed by atoms with Crippen molar-refractivity contribution in [3.8, 4) is 0 Å². The SMILES string of the molecule is Cc1nc(C(C)NC(=O)N(C)CCc2c(C)n[nH]c2C)n[nH]1. The van der Waals surface area contributed by atoms with Gasteiger partial charge < -0.3 is 10.2 Å². The molecule has 2 aromatic heterocycles. The lowest BCUT2D eigenvalue weighted by Gasteiger charge is -2.20. The second-order valence-corrected chi connectivity index (χ2v) is 5.53. The lowest BCUT2D eigenvalue weighted by molar-refractivity contribution is 0.205. The van der Waals surface area contributed by atoms with Crippen LogP contribution < -0.4 is 5.32 Å². The standard InChI is InChI=1S/C14H23N7O/c1-8-12(9(2)18-17-8)6-7-21(5)14(22)15-10(3)13-16-11(4)19-20-13/h10H,6-7H2,1-5H3,(H,15,22)(H,17,18)(H,16,19,20). The Morgan fingerprint density at radius 1 is 1.27 bits per heavy atom. The predicted molar refractivity (Wildman–Crippen MR) is 82.5 cm³/mol. The Balaban J connectivity index is 1.87. The molecule has 0 bridgehead atoms. The van der Waals surface area contributed by atoms with Crippen LogP contribution >= 0.6 is 0 Å². The molecule has 0 fully saturated rings. The van der Waals surface area contributed by atoms with Crippen molar-refractivity contribution < 1.29 is 4.79 Å². The Bertz CT molecular complexity index is 626. The zero-order chi connectivity index (χ0) is 16.3. The van der Waals surface area contributed by atoms with Crippen LogP contribution in [0.1, 0.15) is 41.6 Å². The molecule has 120 valence electrons. The van der Waals surface area contributed by atoms with Gasteiger partial charge in [0.25, 0.3) is 0 Å². The van der Waals surface area contributed by atoms with Gasteiger partial charge in [0.1, 0.15) is 5.82 Å². The Morgan fingerprint density at radius 2 is 2.00 bits per heavy atom. The van der Waals surface area contributed by atoms with Crippen LogP contribution in [0.4, 0.5) is 4.79 Å². The number of likely N-dealkylation sites (N-methyl/N-ethyl adjacent to an activating group) is 1. The van der Waals surface area contributed by atoms with Gasteiger partial charge in [-0.25, -0.2) is 9.78 Å². The molecule has 1 atom stereocenters. The fourth-order valence-electron chi connectivity index (χ4n) is 2.24. The van der Waals surface area contributed by atoms with Crippen molar-refractivity contribution in [1.82, 2.24) is 35.6 Å². The van der Waals surface area contributed by atoms with E-state index in [0.29, 0.717) is 12.4 Å². The molecule has 0 aromatic carbocycles. The third-order valence-corrected chi connectivity index (χ3v) is 3.67. The van der Waals surface area contributed by atoms with Crippen molar-refractivity contribution in [2.45, 2.75) is 40.2 Å². The highest BCUT2D eigenvalue weighted by atomic mass is 16.2. The number of amides is 2. The van der Waals surface area contributed by atoms with Gasteiger partial charge in [-0.2, -0.15) is 10.2 Å². The summed E-state index contributed by atoms with van der Waals surface area (Å²) in [5, 5.41) is 16.8. The Kier molecular flexibility index (Phi) is 4.79. The molecular formula is C14H23N7O. The van der Waals surface area contributed by atoms with Gasteiger partial charge in [0, 0.05) is 19.3 Å². The molecule has 0 aliphatic heterocycles. The Labute approximate surface area is 129 Å². The quantitative estimate of drug-likeness (QED) is 0.777. The van der Waals surface area contributed by atoms with Gasteiger partial charge in [-0.1, -0.05) is 0 Å². The van der Waals surface area contributed by atoms with E-state index >= 15 is 0 Å². The molecule has 2 aromatic rings. The first-order valence-electron chi connectivity index (χ1n) is 7.29. The van der Waals surface area contributed by atoms with Crippen molar-refractivity contribution in [1.29, 1.82) is 0 Å². The number of aromatic amines is 2. The molecule has 1 unspecified atom stereocenters. The monoisotopic (exact) mass is 305 g/mol.